The molecule has 0 aromatic carbocycles. The molecule has 21 heavy (non-hydrogen) atoms. The molecule has 2 rings (SSSR count). The minimum Gasteiger partial charge on any atom is -0.388 e. The molecule has 112 valence electrons. The van der Waals surface area contributed by atoms with Crippen molar-refractivity contribution in [3.05, 3.63) is 34.6 Å². The van der Waals surface area contributed by atoms with Crippen LogP contribution < -0.4 is 10.5 Å². The van der Waals surface area contributed by atoms with Crippen molar-refractivity contribution in [1.82, 2.24) is 9.97 Å². The second kappa shape index (κ2) is 6.04. The van der Waals surface area contributed by atoms with E-state index in [-0.39, 0.29) is 9.88 Å². The van der Waals surface area contributed by atoms with E-state index in [0.717, 1.165) is 17.0 Å². The van der Waals surface area contributed by atoms with Crippen molar-refractivity contribution in [2.45, 2.75) is 25.2 Å². The maximum Gasteiger partial charge on any atom is 0.265 e. The highest BCUT2D eigenvalue weighted by Crippen LogP contribution is 2.24. The van der Waals surface area contributed by atoms with Crippen LogP contribution >= 0.6 is 23.6 Å². The van der Waals surface area contributed by atoms with Gasteiger partial charge in [0.15, 0.2) is 5.13 Å². The van der Waals surface area contributed by atoms with Gasteiger partial charge in [-0.2, -0.15) is 0 Å². The van der Waals surface area contributed by atoms with Crippen molar-refractivity contribution in [1.29, 1.82) is 0 Å². The molecule has 0 amide bonds. The standard InChI is InChI=1S/C12H14N4O2S3/c1-3-9-7(2)20-12(15-9)16-21(17,18)8-4-5-10(11(13)19)14-6-8/h4-6H,3H2,1-2H3,(H2,13,19)(H,15,16). The molecule has 0 unspecified atom stereocenters. The van der Waals surface area contributed by atoms with Gasteiger partial charge in [0.2, 0.25) is 0 Å². The Morgan fingerprint density at radius 1 is 1.48 bits per heavy atom. The van der Waals surface area contributed by atoms with Crippen molar-refractivity contribution >= 4 is 43.7 Å². The number of hydrogen-bond acceptors (Lipinski definition) is 6. The first-order chi connectivity index (χ1) is 9.83. The quantitative estimate of drug-likeness (QED) is 0.805. The van der Waals surface area contributed by atoms with Crippen molar-refractivity contribution in [2.24, 2.45) is 5.73 Å². The highest BCUT2D eigenvalue weighted by atomic mass is 32.2. The monoisotopic (exact) mass is 342 g/mol. The molecule has 6 nitrogen and oxygen atoms in total. The first kappa shape index (κ1) is 15.8. The number of aryl methyl sites for hydroxylation is 2. The van der Waals surface area contributed by atoms with Gasteiger partial charge in [0.05, 0.1) is 11.4 Å². The maximum atomic E-state index is 12.2. The van der Waals surface area contributed by atoms with Crippen LogP contribution in [0.2, 0.25) is 0 Å². The average molecular weight is 342 g/mol. The number of sulfonamides is 1. The molecule has 2 aromatic rings. The fourth-order valence-electron chi connectivity index (χ4n) is 1.66. The third-order valence-electron chi connectivity index (χ3n) is 2.75. The molecule has 0 bridgehead atoms. The van der Waals surface area contributed by atoms with Gasteiger partial charge in [0.25, 0.3) is 10.0 Å². The van der Waals surface area contributed by atoms with Crippen molar-refractivity contribution in [2.75, 3.05) is 4.72 Å². The van der Waals surface area contributed by atoms with E-state index in [9.17, 15) is 8.42 Å². The zero-order chi connectivity index (χ0) is 15.6. The van der Waals surface area contributed by atoms with E-state index in [1.165, 1.54) is 29.7 Å². The molecule has 0 saturated carbocycles. The summed E-state index contributed by atoms with van der Waals surface area (Å²) in [7, 11) is -3.72. The predicted molar refractivity (Wildman–Crippen MR) is 87.2 cm³/mol. The van der Waals surface area contributed by atoms with Gasteiger partial charge < -0.3 is 5.73 Å². The third kappa shape index (κ3) is 3.55. The van der Waals surface area contributed by atoms with E-state index in [0.29, 0.717) is 10.8 Å². The highest BCUT2D eigenvalue weighted by molar-refractivity contribution is 7.93. The smallest absolute Gasteiger partial charge is 0.265 e. The Kier molecular flexibility index (Phi) is 4.55. The minimum atomic E-state index is -3.72. The van der Waals surface area contributed by atoms with Gasteiger partial charge in [-0.05, 0) is 25.5 Å². The van der Waals surface area contributed by atoms with Gasteiger partial charge in [-0.15, -0.1) is 11.3 Å². The number of rotatable bonds is 5. The Morgan fingerprint density at radius 2 is 2.19 bits per heavy atom. The van der Waals surface area contributed by atoms with E-state index < -0.39 is 10.0 Å². The maximum absolute atomic E-state index is 12.2. The average Bonchev–Trinajstić information content (AvgIpc) is 2.78. The van der Waals surface area contributed by atoms with Gasteiger partial charge >= 0.3 is 0 Å². The lowest BCUT2D eigenvalue weighted by atomic mass is 10.3. The zero-order valence-electron chi connectivity index (χ0n) is 11.5. The number of thiocarbonyl (C=S) groups is 1. The van der Waals surface area contributed by atoms with Crippen LogP contribution in [0.1, 0.15) is 23.2 Å². The fourth-order valence-corrected chi connectivity index (χ4v) is 3.86. The number of nitrogens with zero attached hydrogens (tertiary/aromatic N) is 2. The molecule has 3 N–H and O–H groups in total. The van der Waals surface area contributed by atoms with Gasteiger partial charge in [-0.3, -0.25) is 9.71 Å². The first-order valence-electron chi connectivity index (χ1n) is 6.08. The Hall–Kier alpha value is -1.58. The van der Waals surface area contributed by atoms with Crippen LogP contribution in [0.25, 0.3) is 0 Å². The molecule has 0 atom stereocenters. The Bertz CT molecular complexity index is 766. The minimum absolute atomic E-state index is 0.0356. The lowest BCUT2D eigenvalue weighted by molar-refractivity contribution is 0.600. The Labute approximate surface area is 132 Å². The fraction of sp³-hybridized carbons (Fsp3) is 0.250. The molecule has 0 radical (unpaired) electrons. The van der Waals surface area contributed by atoms with Gasteiger partial charge in [0, 0.05) is 11.1 Å². The molecule has 0 aliphatic carbocycles. The molecule has 0 saturated heterocycles. The molecule has 0 aliphatic heterocycles. The van der Waals surface area contributed by atoms with Crippen molar-refractivity contribution in [3.8, 4) is 0 Å². The topological polar surface area (TPSA) is 98.0 Å². The highest BCUT2D eigenvalue weighted by Gasteiger charge is 2.17. The SMILES string of the molecule is CCc1nc(NS(=O)(=O)c2ccc(C(N)=S)nc2)sc1C. The van der Waals surface area contributed by atoms with E-state index >= 15 is 0 Å². The molecule has 0 spiro atoms. The second-order valence-electron chi connectivity index (χ2n) is 4.22. The summed E-state index contributed by atoms with van der Waals surface area (Å²) in [5.41, 5.74) is 6.69. The molecule has 2 aromatic heterocycles. The lowest BCUT2D eigenvalue weighted by Crippen LogP contribution is -2.15. The third-order valence-corrected chi connectivity index (χ3v) is 5.34. The largest absolute Gasteiger partial charge is 0.388 e. The molecule has 0 aliphatic rings. The van der Waals surface area contributed by atoms with Crippen molar-refractivity contribution in [3.63, 3.8) is 0 Å². The van der Waals surface area contributed by atoms with Crippen LogP contribution in [-0.2, 0) is 16.4 Å². The van der Waals surface area contributed by atoms with Gasteiger partial charge in [-0.25, -0.2) is 13.4 Å². The second-order valence-corrected chi connectivity index (χ2v) is 7.55. The predicted octanol–water partition coefficient (Wildman–Crippen LogP) is 1.84. The van der Waals surface area contributed by atoms with Crippen LogP contribution in [0, 0.1) is 6.92 Å². The van der Waals surface area contributed by atoms with Gasteiger partial charge in [-0.1, -0.05) is 19.1 Å². The van der Waals surface area contributed by atoms with Gasteiger partial charge in [0.1, 0.15) is 9.88 Å². The first-order valence-corrected chi connectivity index (χ1v) is 8.79. The number of anilines is 1. The summed E-state index contributed by atoms with van der Waals surface area (Å²) in [5.74, 6) is 0. The van der Waals surface area contributed by atoms with Crippen LogP contribution in [0.4, 0.5) is 5.13 Å². The molecule has 2 heterocycles. The molecule has 0 fully saturated rings. The van der Waals surface area contributed by atoms with Crippen molar-refractivity contribution < 1.29 is 8.42 Å². The van der Waals surface area contributed by atoms with Crippen LogP contribution in [0.5, 0.6) is 0 Å². The summed E-state index contributed by atoms with van der Waals surface area (Å²) >= 11 is 6.08. The normalized spacial score (nSPS) is 11.3. The number of thiazole rings is 1. The Balaban J connectivity index is 2.26. The number of aromatic nitrogens is 2. The summed E-state index contributed by atoms with van der Waals surface area (Å²) < 4.78 is 26.9. The molecular formula is C12H14N4O2S3. The van der Waals surface area contributed by atoms with Crippen LogP contribution in [0.3, 0.4) is 0 Å². The zero-order valence-corrected chi connectivity index (χ0v) is 13.9. The summed E-state index contributed by atoms with van der Waals surface area (Å²) in [5, 5.41) is 0.350. The van der Waals surface area contributed by atoms with Crippen LogP contribution in [-0.4, -0.2) is 23.4 Å². The Morgan fingerprint density at radius 3 is 2.67 bits per heavy atom. The number of nitrogens with two attached hydrogens (primary N) is 1. The van der Waals surface area contributed by atoms with E-state index in [4.69, 9.17) is 18.0 Å². The number of nitrogens with one attached hydrogen (secondary N) is 1. The summed E-state index contributed by atoms with van der Waals surface area (Å²) in [6.07, 6.45) is 1.98. The van der Waals surface area contributed by atoms with Crippen LogP contribution in [0.15, 0.2) is 23.2 Å². The number of pyridine rings is 1. The van der Waals surface area contributed by atoms with E-state index in [2.05, 4.69) is 14.7 Å². The lowest BCUT2D eigenvalue weighted by Gasteiger charge is -2.05. The number of hydrogen-bond donors (Lipinski definition) is 2. The molecular weight excluding hydrogens is 328 g/mol. The summed E-state index contributed by atoms with van der Waals surface area (Å²) in [6.45, 7) is 3.88. The van der Waals surface area contributed by atoms with E-state index in [1.807, 2.05) is 13.8 Å². The summed E-state index contributed by atoms with van der Waals surface area (Å²) in [6, 6.07) is 2.88. The van der Waals surface area contributed by atoms with E-state index in [1.54, 1.807) is 0 Å². The summed E-state index contributed by atoms with van der Waals surface area (Å²) in [4.78, 5) is 9.33. The molecule has 9 heteroatoms.